The minimum absolute atomic E-state index is 0.205. The highest BCUT2D eigenvalue weighted by Gasteiger charge is 2.28. The SMILES string of the molecule is C=C(C)C(=O)OC(CCCCCC)COc1c2c(c(OCC(CCCCCC)OC(=O)C(=C)C)c3ccccc13)CC(Oc1ccccc1)=CC2. The Balaban J connectivity index is 1.70. The fourth-order valence-electron chi connectivity index (χ4n) is 6.20. The Kier molecular flexibility index (Phi) is 15.7. The predicted octanol–water partition coefficient (Wildman–Crippen LogP) is 10.6. The van der Waals surface area contributed by atoms with Crippen molar-refractivity contribution in [2.24, 2.45) is 0 Å². The van der Waals surface area contributed by atoms with Gasteiger partial charge in [0.1, 0.15) is 48.4 Å². The van der Waals surface area contributed by atoms with Crippen LogP contribution >= 0.6 is 0 Å². The van der Waals surface area contributed by atoms with Crippen LogP contribution in [0.2, 0.25) is 0 Å². The Hall–Kier alpha value is -4.52. The molecule has 0 aliphatic heterocycles. The van der Waals surface area contributed by atoms with Gasteiger partial charge in [-0.1, -0.05) is 108 Å². The van der Waals surface area contributed by atoms with Crippen LogP contribution in [0.25, 0.3) is 10.8 Å². The Morgan fingerprint density at radius 2 is 1.16 bits per heavy atom. The summed E-state index contributed by atoms with van der Waals surface area (Å²) >= 11 is 0. The zero-order valence-corrected chi connectivity index (χ0v) is 31.1. The second-order valence-corrected chi connectivity index (χ2v) is 13.6. The monoisotopic (exact) mass is 696 g/mol. The highest BCUT2D eigenvalue weighted by atomic mass is 16.6. The van der Waals surface area contributed by atoms with Gasteiger partial charge in [-0.2, -0.15) is 0 Å². The molecule has 4 rings (SSSR count). The van der Waals surface area contributed by atoms with E-state index < -0.39 is 24.1 Å². The van der Waals surface area contributed by atoms with Crippen molar-refractivity contribution in [2.75, 3.05) is 13.2 Å². The topological polar surface area (TPSA) is 80.3 Å². The summed E-state index contributed by atoms with van der Waals surface area (Å²) in [7, 11) is 0. The first-order valence-electron chi connectivity index (χ1n) is 18.7. The summed E-state index contributed by atoms with van der Waals surface area (Å²) in [6.07, 6.45) is 12.2. The number of benzene rings is 3. The van der Waals surface area contributed by atoms with Gasteiger partial charge in [0.05, 0.1) is 0 Å². The quantitative estimate of drug-likeness (QED) is 0.0587. The number of carbonyl (C=O) groups excluding carboxylic acids is 2. The predicted molar refractivity (Wildman–Crippen MR) is 204 cm³/mol. The molecule has 2 unspecified atom stereocenters. The highest BCUT2D eigenvalue weighted by Crippen LogP contribution is 2.44. The van der Waals surface area contributed by atoms with E-state index >= 15 is 0 Å². The van der Waals surface area contributed by atoms with Crippen molar-refractivity contribution in [2.45, 2.75) is 117 Å². The van der Waals surface area contributed by atoms with E-state index in [1.165, 1.54) is 0 Å². The molecule has 0 heterocycles. The molecule has 2 atom stereocenters. The van der Waals surface area contributed by atoms with E-state index in [0.717, 1.165) is 96.3 Å². The van der Waals surface area contributed by atoms with E-state index in [4.69, 9.17) is 23.7 Å². The Labute approximate surface area is 304 Å². The number of hydrogen-bond donors (Lipinski definition) is 0. The van der Waals surface area contributed by atoms with Crippen LogP contribution in [-0.4, -0.2) is 37.4 Å². The van der Waals surface area contributed by atoms with Crippen molar-refractivity contribution in [3.63, 3.8) is 0 Å². The molecule has 0 spiro atoms. The molecule has 0 saturated heterocycles. The maximum atomic E-state index is 12.6. The first kappa shape index (κ1) is 39.3. The fourth-order valence-corrected chi connectivity index (χ4v) is 6.20. The highest BCUT2D eigenvalue weighted by molar-refractivity contribution is 5.96. The Morgan fingerprint density at radius 1 is 0.667 bits per heavy atom. The van der Waals surface area contributed by atoms with Crippen molar-refractivity contribution < 1.29 is 33.3 Å². The maximum absolute atomic E-state index is 12.6. The van der Waals surface area contributed by atoms with Crippen molar-refractivity contribution in [1.29, 1.82) is 0 Å². The number of para-hydroxylation sites is 1. The molecule has 51 heavy (non-hydrogen) atoms. The summed E-state index contributed by atoms with van der Waals surface area (Å²) in [5, 5.41) is 1.79. The summed E-state index contributed by atoms with van der Waals surface area (Å²) in [5.74, 6) is 2.23. The summed E-state index contributed by atoms with van der Waals surface area (Å²) in [6, 6.07) is 17.8. The third-order valence-corrected chi connectivity index (χ3v) is 9.04. The number of esters is 2. The molecule has 3 aromatic rings. The number of ether oxygens (including phenoxy) is 5. The fraction of sp³-hybridized carbons (Fsp3) is 0.455. The van der Waals surface area contributed by atoms with Crippen molar-refractivity contribution in [3.05, 3.63) is 102 Å². The average molecular weight is 697 g/mol. The van der Waals surface area contributed by atoms with Crippen LogP contribution in [0.3, 0.4) is 0 Å². The van der Waals surface area contributed by atoms with Crippen LogP contribution in [0.5, 0.6) is 17.2 Å². The average Bonchev–Trinajstić information content (AvgIpc) is 3.13. The lowest BCUT2D eigenvalue weighted by molar-refractivity contribution is -0.147. The number of unbranched alkanes of at least 4 members (excludes halogenated alkanes) is 6. The van der Waals surface area contributed by atoms with Gasteiger partial charge in [-0.15, -0.1) is 0 Å². The molecular formula is C44H56O7. The second-order valence-electron chi connectivity index (χ2n) is 13.6. The van der Waals surface area contributed by atoms with Crippen LogP contribution in [0.15, 0.2) is 90.7 Å². The van der Waals surface area contributed by atoms with Gasteiger partial charge in [0.25, 0.3) is 0 Å². The summed E-state index contributed by atoms with van der Waals surface area (Å²) in [6.45, 7) is 15.7. The van der Waals surface area contributed by atoms with Gasteiger partial charge in [-0.05, 0) is 64.2 Å². The molecule has 7 nitrogen and oxygen atoms in total. The standard InChI is InChI=1S/C44H56O7/c1-7-9-11-14-22-35(50-43(45)31(3)4)29-47-41-37-24-18-19-25-38(37)42(48-30-36(23-15-12-10-8-2)51-44(46)32(5)6)40-28-34(26-27-39(40)41)49-33-20-16-13-17-21-33/h13,16-21,24-26,35-36H,3,5,7-12,14-15,22-23,27-30H2,1-2,4,6H3. The van der Waals surface area contributed by atoms with Gasteiger partial charge in [0, 0.05) is 39.5 Å². The lowest BCUT2D eigenvalue weighted by Crippen LogP contribution is -2.27. The molecule has 0 fully saturated rings. The zero-order valence-electron chi connectivity index (χ0n) is 31.1. The van der Waals surface area contributed by atoms with E-state index in [9.17, 15) is 9.59 Å². The number of allylic oxidation sites excluding steroid dienone is 2. The number of hydrogen-bond acceptors (Lipinski definition) is 7. The molecule has 0 radical (unpaired) electrons. The van der Waals surface area contributed by atoms with Gasteiger partial charge < -0.3 is 23.7 Å². The Bertz CT molecular complexity index is 1650. The van der Waals surface area contributed by atoms with Crippen LogP contribution in [0, 0.1) is 0 Å². The molecule has 274 valence electrons. The van der Waals surface area contributed by atoms with Crippen molar-refractivity contribution >= 4 is 22.7 Å². The zero-order chi connectivity index (χ0) is 36.6. The van der Waals surface area contributed by atoms with Crippen LogP contribution in [0.4, 0.5) is 0 Å². The number of fused-ring (bicyclic) bond motifs is 2. The van der Waals surface area contributed by atoms with Gasteiger partial charge in [0.15, 0.2) is 0 Å². The molecule has 0 N–H and O–H groups in total. The van der Waals surface area contributed by atoms with Crippen LogP contribution < -0.4 is 14.2 Å². The van der Waals surface area contributed by atoms with Crippen LogP contribution in [0.1, 0.15) is 103 Å². The largest absolute Gasteiger partial charge is 0.489 e. The molecule has 1 aliphatic rings. The first-order chi connectivity index (χ1) is 24.7. The summed E-state index contributed by atoms with van der Waals surface area (Å²) in [5.41, 5.74) is 2.69. The van der Waals surface area contributed by atoms with E-state index in [2.05, 4.69) is 33.1 Å². The number of carbonyl (C=O) groups is 2. The van der Waals surface area contributed by atoms with Gasteiger partial charge in [-0.3, -0.25) is 0 Å². The molecule has 0 aromatic heterocycles. The third kappa shape index (κ3) is 11.8. The van der Waals surface area contributed by atoms with E-state index in [1.54, 1.807) is 13.8 Å². The van der Waals surface area contributed by atoms with Crippen molar-refractivity contribution in [1.82, 2.24) is 0 Å². The molecule has 1 aliphatic carbocycles. The normalized spacial score (nSPS) is 13.4. The molecule has 0 bridgehead atoms. The smallest absolute Gasteiger partial charge is 0.333 e. The molecular weight excluding hydrogens is 640 g/mol. The molecule has 7 heteroatoms. The lowest BCUT2D eigenvalue weighted by Gasteiger charge is -2.28. The van der Waals surface area contributed by atoms with Gasteiger partial charge in [0.2, 0.25) is 0 Å². The van der Waals surface area contributed by atoms with Crippen molar-refractivity contribution in [3.8, 4) is 17.2 Å². The summed E-state index contributed by atoms with van der Waals surface area (Å²) < 4.78 is 31.5. The van der Waals surface area contributed by atoms with Gasteiger partial charge in [-0.25, -0.2) is 9.59 Å². The minimum atomic E-state index is -0.424. The van der Waals surface area contributed by atoms with E-state index in [1.807, 2.05) is 54.6 Å². The minimum Gasteiger partial charge on any atom is -0.489 e. The molecule has 0 saturated carbocycles. The van der Waals surface area contributed by atoms with Crippen LogP contribution in [-0.2, 0) is 31.9 Å². The first-order valence-corrected chi connectivity index (χ1v) is 18.7. The second kappa shape index (κ2) is 20.4. The number of rotatable bonds is 22. The molecule has 3 aromatic carbocycles. The van der Waals surface area contributed by atoms with E-state index in [-0.39, 0.29) is 13.2 Å². The van der Waals surface area contributed by atoms with Gasteiger partial charge >= 0.3 is 11.9 Å². The lowest BCUT2D eigenvalue weighted by atomic mass is 9.89. The summed E-state index contributed by atoms with van der Waals surface area (Å²) in [4.78, 5) is 25.2. The van der Waals surface area contributed by atoms with E-state index in [0.29, 0.717) is 36.8 Å². The third-order valence-electron chi connectivity index (χ3n) is 9.04. The maximum Gasteiger partial charge on any atom is 0.333 e. The molecule has 0 amide bonds. The Morgan fingerprint density at radius 3 is 1.65 bits per heavy atom.